The van der Waals surface area contributed by atoms with Gasteiger partial charge >= 0.3 is 17.9 Å². The number of cyclic esters (lactones) is 1. The Labute approximate surface area is 209 Å². The molecule has 0 aromatic heterocycles. The second kappa shape index (κ2) is 7.43. The second-order valence-corrected chi connectivity index (χ2v) is 11.6. The van der Waals surface area contributed by atoms with Gasteiger partial charge in [-0.2, -0.15) is 0 Å². The highest BCUT2D eigenvalue weighted by Gasteiger charge is 2.81. The van der Waals surface area contributed by atoms with Crippen molar-refractivity contribution in [3.8, 4) is 5.75 Å². The Bertz CT molecular complexity index is 1200. The van der Waals surface area contributed by atoms with E-state index in [0.717, 1.165) is 0 Å². The lowest BCUT2D eigenvalue weighted by Crippen LogP contribution is -2.71. The van der Waals surface area contributed by atoms with Crippen LogP contribution in [0, 0.1) is 34.0 Å². The Morgan fingerprint density at radius 3 is 2.50 bits per heavy atom. The van der Waals surface area contributed by atoms with Crippen LogP contribution in [0.25, 0.3) is 0 Å². The number of rotatable bonds is 3. The number of benzene rings is 1. The smallest absolute Gasteiger partial charge is 0.338 e. The average Bonchev–Trinajstić information content (AvgIpc) is 3.27. The van der Waals surface area contributed by atoms with E-state index in [2.05, 4.69) is 6.58 Å². The van der Waals surface area contributed by atoms with E-state index < -0.39 is 58.5 Å². The van der Waals surface area contributed by atoms with Gasteiger partial charge in [-0.25, -0.2) is 4.79 Å². The summed E-state index contributed by atoms with van der Waals surface area (Å²) in [6.45, 7) is 8.18. The first kappa shape index (κ1) is 23.3. The summed E-state index contributed by atoms with van der Waals surface area (Å²) >= 11 is 0. The Kier molecular flexibility index (Phi) is 4.80. The summed E-state index contributed by atoms with van der Waals surface area (Å²) in [5.41, 5.74) is -2.39. The molecular weight excluding hydrogens is 464 g/mol. The lowest BCUT2D eigenvalue weighted by atomic mass is 9.43. The van der Waals surface area contributed by atoms with Crippen LogP contribution in [0.3, 0.4) is 0 Å². The van der Waals surface area contributed by atoms with Crippen molar-refractivity contribution in [3.05, 3.63) is 42.0 Å². The standard InChI is InChI=1S/C28H30O8/c1-14-17-9-10-18-27-13-34-24(31)20(27)26(2,3)12-11-19(27)35-25(32)28(18,21(14)29)22(17)36-23(30)15-5-7-16(33-4)8-6-15/h5-8,17-20,22H,1,9-13H2,2-4H3/t17-,18-,19-,20+,22+,27+,28-/m0/s1. The Morgan fingerprint density at radius 1 is 1.08 bits per heavy atom. The molecule has 5 aliphatic rings. The lowest BCUT2D eigenvalue weighted by molar-refractivity contribution is -0.244. The minimum atomic E-state index is -1.72. The maximum absolute atomic E-state index is 13.9. The number of ether oxygens (including phenoxy) is 4. The fourth-order valence-corrected chi connectivity index (χ4v) is 8.19. The molecule has 0 radical (unpaired) electrons. The third kappa shape index (κ3) is 2.65. The largest absolute Gasteiger partial charge is 0.497 e. The highest BCUT2D eigenvalue weighted by atomic mass is 16.6. The SMILES string of the molecule is C=C1C(=O)[C@@]23C(=O)O[C@H]4CCC(C)(C)[C@H]5C(=O)OC[C@@]45[C@@H]2CC[C@@H]1[C@H]3OC(=O)c1ccc(OC)cc1. The van der Waals surface area contributed by atoms with Crippen LogP contribution < -0.4 is 4.74 Å². The van der Waals surface area contributed by atoms with Crippen molar-refractivity contribution >= 4 is 23.7 Å². The molecule has 2 saturated heterocycles. The van der Waals surface area contributed by atoms with Gasteiger partial charge in [-0.3, -0.25) is 14.4 Å². The predicted molar refractivity (Wildman–Crippen MR) is 125 cm³/mol. The lowest BCUT2D eigenvalue weighted by Gasteiger charge is -2.61. The van der Waals surface area contributed by atoms with Gasteiger partial charge < -0.3 is 18.9 Å². The maximum Gasteiger partial charge on any atom is 0.338 e. The van der Waals surface area contributed by atoms with Crippen molar-refractivity contribution in [1.29, 1.82) is 0 Å². The molecule has 1 aromatic carbocycles. The molecule has 2 spiro atoms. The van der Waals surface area contributed by atoms with Crippen molar-refractivity contribution < 1.29 is 38.1 Å². The maximum atomic E-state index is 13.9. The minimum absolute atomic E-state index is 0.0911. The Hall–Kier alpha value is -3.16. The van der Waals surface area contributed by atoms with Gasteiger partial charge in [0, 0.05) is 5.92 Å². The van der Waals surface area contributed by atoms with E-state index in [1.165, 1.54) is 7.11 Å². The Balaban J connectivity index is 1.46. The molecule has 2 aliphatic heterocycles. The summed E-state index contributed by atoms with van der Waals surface area (Å²) in [7, 11) is 1.53. The molecule has 0 N–H and O–H groups in total. The van der Waals surface area contributed by atoms with Gasteiger partial charge in [-0.05, 0) is 66.9 Å². The number of methoxy groups -OCH3 is 1. The van der Waals surface area contributed by atoms with Crippen LogP contribution >= 0.6 is 0 Å². The van der Waals surface area contributed by atoms with Gasteiger partial charge in [-0.15, -0.1) is 0 Å². The molecule has 3 saturated carbocycles. The van der Waals surface area contributed by atoms with Crippen LogP contribution in [0.2, 0.25) is 0 Å². The number of carbonyl (C=O) groups excluding carboxylic acids is 4. The molecule has 0 unspecified atom stereocenters. The molecule has 5 fully saturated rings. The van der Waals surface area contributed by atoms with Crippen LogP contribution in [-0.4, -0.2) is 49.6 Å². The molecular formula is C28H30O8. The van der Waals surface area contributed by atoms with Crippen molar-refractivity contribution in [2.45, 2.75) is 51.7 Å². The van der Waals surface area contributed by atoms with Gasteiger partial charge in [0.25, 0.3) is 0 Å². The second-order valence-electron chi connectivity index (χ2n) is 11.6. The van der Waals surface area contributed by atoms with E-state index in [9.17, 15) is 19.2 Å². The summed E-state index contributed by atoms with van der Waals surface area (Å²) in [4.78, 5) is 54.1. The molecule has 0 amide bonds. The summed E-state index contributed by atoms with van der Waals surface area (Å²) < 4.78 is 22.9. The molecule has 2 heterocycles. The third-order valence-corrected chi connectivity index (χ3v) is 9.71. The summed E-state index contributed by atoms with van der Waals surface area (Å²) in [5, 5.41) is 0. The fourth-order valence-electron chi connectivity index (χ4n) is 8.19. The van der Waals surface area contributed by atoms with Crippen molar-refractivity contribution in [2.24, 2.45) is 34.0 Å². The number of hydrogen-bond acceptors (Lipinski definition) is 8. The molecule has 2 bridgehead atoms. The number of carbonyl (C=O) groups is 4. The van der Waals surface area contributed by atoms with Crippen LogP contribution in [0.4, 0.5) is 0 Å². The number of Topliss-reactive ketones (excluding diaryl/α,β-unsaturated/α-hetero) is 1. The zero-order chi connectivity index (χ0) is 25.6. The number of ketones is 1. The number of hydrogen-bond donors (Lipinski definition) is 0. The van der Waals surface area contributed by atoms with E-state index in [-0.39, 0.29) is 29.1 Å². The molecule has 8 heteroatoms. The molecule has 6 rings (SSSR count). The van der Waals surface area contributed by atoms with E-state index >= 15 is 0 Å². The quantitative estimate of drug-likeness (QED) is 0.273. The van der Waals surface area contributed by atoms with E-state index in [0.29, 0.717) is 31.4 Å². The molecule has 7 atom stereocenters. The summed E-state index contributed by atoms with van der Waals surface area (Å²) in [6, 6.07) is 6.45. The molecule has 8 nitrogen and oxygen atoms in total. The topological polar surface area (TPSA) is 105 Å². The van der Waals surface area contributed by atoms with Crippen molar-refractivity contribution in [2.75, 3.05) is 13.7 Å². The van der Waals surface area contributed by atoms with E-state index in [1.807, 2.05) is 13.8 Å². The monoisotopic (exact) mass is 494 g/mol. The summed E-state index contributed by atoms with van der Waals surface area (Å²) in [5.74, 6) is -3.01. The van der Waals surface area contributed by atoms with Crippen LogP contribution in [-0.2, 0) is 28.6 Å². The highest BCUT2D eigenvalue weighted by molar-refractivity contribution is 6.16. The first-order valence-corrected chi connectivity index (χ1v) is 12.6. The van der Waals surface area contributed by atoms with Crippen LogP contribution in [0.5, 0.6) is 5.75 Å². The first-order valence-electron chi connectivity index (χ1n) is 12.6. The third-order valence-electron chi connectivity index (χ3n) is 9.71. The number of esters is 3. The summed E-state index contributed by atoms with van der Waals surface area (Å²) in [6.07, 6.45) is 0.775. The minimum Gasteiger partial charge on any atom is -0.497 e. The van der Waals surface area contributed by atoms with Crippen molar-refractivity contribution in [3.63, 3.8) is 0 Å². The Morgan fingerprint density at radius 2 is 1.81 bits per heavy atom. The predicted octanol–water partition coefficient (Wildman–Crippen LogP) is 3.28. The van der Waals surface area contributed by atoms with Crippen LogP contribution in [0.1, 0.15) is 49.9 Å². The fraction of sp³-hybridized carbons (Fsp3) is 0.571. The average molecular weight is 495 g/mol. The molecule has 190 valence electrons. The van der Waals surface area contributed by atoms with Gasteiger partial charge in [0.2, 0.25) is 0 Å². The van der Waals surface area contributed by atoms with E-state index in [4.69, 9.17) is 18.9 Å². The van der Waals surface area contributed by atoms with Gasteiger partial charge in [0.1, 0.15) is 24.6 Å². The molecule has 36 heavy (non-hydrogen) atoms. The zero-order valence-electron chi connectivity index (χ0n) is 20.7. The van der Waals surface area contributed by atoms with Crippen LogP contribution in [0.15, 0.2) is 36.4 Å². The van der Waals surface area contributed by atoms with Gasteiger partial charge in [-0.1, -0.05) is 20.4 Å². The first-order chi connectivity index (χ1) is 17.1. The molecule has 1 aromatic rings. The van der Waals surface area contributed by atoms with E-state index in [1.54, 1.807) is 24.3 Å². The highest BCUT2D eigenvalue weighted by Crippen LogP contribution is 2.71. The van der Waals surface area contributed by atoms with Gasteiger partial charge in [0.05, 0.1) is 24.0 Å². The van der Waals surface area contributed by atoms with Crippen molar-refractivity contribution in [1.82, 2.24) is 0 Å². The molecule has 3 aliphatic carbocycles. The zero-order valence-corrected chi connectivity index (χ0v) is 20.7. The normalized spacial score (nSPS) is 39.9. The van der Waals surface area contributed by atoms with Gasteiger partial charge in [0.15, 0.2) is 11.2 Å². The number of fused-ring (bicyclic) bond motifs is 1.